The van der Waals surface area contributed by atoms with Crippen LogP contribution in [-0.2, 0) is 17.8 Å². The fourth-order valence-corrected chi connectivity index (χ4v) is 6.66. The van der Waals surface area contributed by atoms with E-state index in [1.165, 1.54) is 46.1 Å². The van der Waals surface area contributed by atoms with E-state index in [1.807, 2.05) is 24.3 Å². The van der Waals surface area contributed by atoms with Crippen molar-refractivity contribution in [2.75, 3.05) is 13.1 Å². The van der Waals surface area contributed by atoms with Crippen LogP contribution in [0.25, 0.3) is 11.0 Å². The molecule has 1 saturated heterocycles. The van der Waals surface area contributed by atoms with Crippen LogP contribution < -0.4 is 0 Å². The molecule has 0 N–H and O–H groups in total. The summed E-state index contributed by atoms with van der Waals surface area (Å²) < 4.78 is 26.8. The van der Waals surface area contributed by atoms with Gasteiger partial charge in [0.2, 0.25) is 0 Å². The molecular formula is C30H30Cl2N3O2S-. The Balaban J connectivity index is 1.41. The Labute approximate surface area is 236 Å². The summed E-state index contributed by atoms with van der Waals surface area (Å²) in [6, 6.07) is 22.8. The van der Waals surface area contributed by atoms with Crippen molar-refractivity contribution in [3.63, 3.8) is 0 Å². The summed E-state index contributed by atoms with van der Waals surface area (Å²) >= 11 is 10.3. The first-order valence-electron chi connectivity index (χ1n) is 13.3. The first-order chi connectivity index (χ1) is 18.5. The minimum Gasteiger partial charge on any atom is -0.760 e. The van der Waals surface area contributed by atoms with Gasteiger partial charge in [0.15, 0.2) is 0 Å². The predicted molar refractivity (Wildman–Crippen MR) is 153 cm³/mol. The molecule has 1 aromatic heterocycles. The quantitative estimate of drug-likeness (QED) is 0.174. The van der Waals surface area contributed by atoms with E-state index in [9.17, 15) is 8.76 Å². The summed E-state index contributed by atoms with van der Waals surface area (Å²) in [5.41, 5.74) is 5.71. The van der Waals surface area contributed by atoms with Gasteiger partial charge in [0, 0.05) is 52.8 Å². The average molecular weight is 568 g/mol. The van der Waals surface area contributed by atoms with Crippen molar-refractivity contribution in [1.82, 2.24) is 13.9 Å². The third-order valence-corrected chi connectivity index (χ3v) is 9.53. The number of hydrogen-bond acceptors (Lipinski definition) is 3. The van der Waals surface area contributed by atoms with Gasteiger partial charge in [-0.1, -0.05) is 60.0 Å². The Morgan fingerprint density at radius 1 is 0.868 bits per heavy atom. The molecule has 2 fully saturated rings. The van der Waals surface area contributed by atoms with Gasteiger partial charge in [0.1, 0.15) is 5.82 Å². The second kappa shape index (κ2) is 11.1. The summed E-state index contributed by atoms with van der Waals surface area (Å²) in [5.74, 6) is 2.15. The molecule has 1 atom stereocenters. The van der Waals surface area contributed by atoms with Gasteiger partial charge < -0.3 is 9.12 Å². The normalized spacial score (nSPS) is 18.2. The van der Waals surface area contributed by atoms with E-state index in [4.69, 9.17) is 28.2 Å². The first-order valence-corrected chi connectivity index (χ1v) is 15.1. The topological polar surface area (TPSA) is 61.2 Å². The number of nitrogens with zero attached hydrogens (tertiary/aromatic N) is 3. The smallest absolute Gasteiger partial charge is 0.112 e. The lowest BCUT2D eigenvalue weighted by atomic mass is 9.84. The van der Waals surface area contributed by atoms with Crippen molar-refractivity contribution in [2.45, 2.75) is 50.5 Å². The van der Waals surface area contributed by atoms with E-state index < -0.39 is 11.3 Å². The van der Waals surface area contributed by atoms with E-state index >= 15 is 0 Å². The van der Waals surface area contributed by atoms with Crippen molar-refractivity contribution in [1.29, 1.82) is 0 Å². The zero-order valence-electron chi connectivity index (χ0n) is 21.1. The van der Waals surface area contributed by atoms with Crippen LogP contribution in [0.5, 0.6) is 0 Å². The van der Waals surface area contributed by atoms with Crippen LogP contribution in [0.3, 0.4) is 0 Å². The Hall–Kier alpha value is -2.22. The van der Waals surface area contributed by atoms with Crippen molar-refractivity contribution in [2.24, 2.45) is 5.92 Å². The monoisotopic (exact) mass is 566 g/mol. The number of piperidine rings is 1. The molecule has 38 heavy (non-hydrogen) atoms. The van der Waals surface area contributed by atoms with Crippen molar-refractivity contribution in [3.05, 3.63) is 99.3 Å². The number of fused-ring (bicyclic) bond motifs is 1. The van der Waals surface area contributed by atoms with Crippen LogP contribution in [0.1, 0.15) is 66.5 Å². The molecular weight excluding hydrogens is 537 g/mol. The molecule has 2 heterocycles. The van der Waals surface area contributed by atoms with Gasteiger partial charge in [-0.25, -0.2) is 9.29 Å². The first kappa shape index (κ1) is 26.0. The zero-order chi connectivity index (χ0) is 26.2. The molecule has 2 aliphatic rings. The minimum absolute atomic E-state index is 0.0275. The maximum atomic E-state index is 11.4. The summed E-state index contributed by atoms with van der Waals surface area (Å²) in [6.07, 6.45) is 5.36. The van der Waals surface area contributed by atoms with E-state index in [-0.39, 0.29) is 5.92 Å². The summed E-state index contributed by atoms with van der Waals surface area (Å²) in [7, 11) is 0. The van der Waals surface area contributed by atoms with Crippen LogP contribution >= 0.6 is 23.2 Å². The van der Waals surface area contributed by atoms with Gasteiger partial charge in [-0.05, 0) is 84.7 Å². The Bertz CT molecular complexity index is 1400. The number of benzene rings is 3. The molecule has 4 aromatic rings. The highest BCUT2D eigenvalue weighted by atomic mass is 35.5. The SMILES string of the molecule is O=S([O-])N1CCC(Cn2c(C3CCC3)nc3ccc(C(c4ccc(Cl)cc4)c4ccc(Cl)cc4)cc32)CC1. The number of halogens is 2. The van der Waals surface area contributed by atoms with Crippen LogP contribution in [0.2, 0.25) is 10.0 Å². The third kappa shape index (κ3) is 5.30. The number of imidazole rings is 1. The molecule has 6 rings (SSSR count). The zero-order valence-corrected chi connectivity index (χ0v) is 23.4. The summed E-state index contributed by atoms with van der Waals surface area (Å²) in [4.78, 5) is 5.13. The summed E-state index contributed by atoms with van der Waals surface area (Å²) in [6.45, 7) is 2.05. The predicted octanol–water partition coefficient (Wildman–Crippen LogP) is 7.30. The van der Waals surface area contributed by atoms with Crippen LogP contribution in [0.15, 0.2) is 66.7 Å². The van der Waals surface area contributed by atoms with Crippen molar-refractivity contribution in [3.8, 4) is 0 Å². The highest BCUT2D eigenvalue weighted by molar-refractivity contribution is 7.76. The molecule has 3 aromatic carbocycles. The van der Waals surface area contributed by atoms with Crippen LogP contribution in [-0.4, -0.2) is 35.7 Å². The Morgan fingerprint density at radius 2 is 1.45 bits per heavy atom. The molecule has 198 valence electrons. The standard InChI is InChI=1S/C30H31Cl2N3O2S/c31-25-9-4-21(5-10-25)29(22-6-11-26(32)12-7-22)24-8-13-27-28(18-24)35(30(33-27)23-2-1-3-23)19-20-14-16-34(17-15-20)38(36)37/h4-13,18,20,23,29H,1-3,14-17,19H2,(H,36,37)/p-1. The Kier molecular flexibility index (Phi) is 7.61. The Morgan fingerprint density at radius 3 is 1.97 bits per heavy atom. The fourth-order valence-electron chi connectivity index (χ4n) is 5.89. The fraction of sp³-hybridized carbons (Fsp3) is 0.367. The molecule has 0 amide bonds. The molecule has 0 radical (unpaired) electrons. The lowest BCUT2D eigenvalue weighted by Crippen LogP contribution is -2.36. The molecule has 0 spiro atoms. The van der Waals surface area contributed by atoms with Gasteiger partial charge in [0.25, 0.3) is 0 Å². The maximum Gasteiger partial charge on any atom is 0.112 e. The van der Waals surface area contributed by atoms with Gasteiger partial charge >= 0.3 is 0 Å². The largest absolute Gasteiger partial charge is 0.760 e. The van der Waals surface area contributed by atoms with Gasteiger partial charge in [-0.2, -0.15) is 0 Å². The molecule has 1 saturated carbocycles. The van der Waals surface area contributed by atoms with Crippen molar-refractivity contribution >= 4 is 45.5 Å². The lowest BCUT2D eigenvalue weighted by Gasteiger charge is -2.34. The highest BCUT2D eigenvalue weighted by Crippen LogP contribution is 2.40. The van der Waals surface area contributed by atoms with E-state index in [1.54, 1.807) is 0 Å². The van der Waals surface area contributed by atoms with Gasteiger partial charge in [-0.15, -0.1) is 0 Å². The van der Waals surface area contributed by atoms with E-state index in [2.05, 4.69) is 47.0 Å². The maximum absolute atomic E-state index is 11.4. The lowest BCUT2D eigenvalue weighted by molar-refractivity contribution is 0.245. The van der Waals surface area contributed by atoms with Gasteiger partial charge in [0.05, 0.1) is 11.0 Å². The number of rotatable bonds is 7. The van der Waals surface area contributed by atoms with E-state index in [0.717, 1.165) is 30.4 Å². The average Bonchev–Trinajstić information content (AvgIpc) is 3.22. The molecule has 0 bridgehead atoms. The molecule has 1 aliphatic carbocycles. The second-order valence-corrected chi connectivity index (χ2v) is 12.4. The van der Waals surface area contributed by atoms with Gasteiger partial charge in [-0.3, -0.25) is 4.21 Å². The summed E-state index contributed by atoms with van der Waals surface area (Å²) in [5, 5.41) is 1.43. The molecule has 5 nitrogen and oxygen atoms in total. The molecule has 8 heteroatoms. The van der Waals surface area contributed by atoms with E-state index in [0.29, 0.717) is 35.0 Å². The third-order valence-electron chi connectivity index (χ3n) is 8.24. The highest BCUT2D eigenvalue weighted by Gasteiger charge is 2.29. The number of hydrogen-bond donors (Lipinski definition) is 0. The second-order valence-electron chi connectivity index (χ2n) is 10.6. The number of aromatic nitrogens is 2. The van der Waals surface area contributed by atoms with Crippen molar-refractivity contribution < 1.29 is 8.76 Å². The minimum atomic E-state index is -2.13. The molecule has 1 unspecified atom stereocenters. The van der Waals surface area contributed by atoms with Crippen LogP contribution in [0.4, 0.5) is 0 Å². The molecule has 1 aliphatic heterocycles. The van der Waals surface area contributed by atoms with Crippen LogP contribution in [0, 0.1) is 5.92 Å².